The molecule has 0 aromatic heterocycles. The van der Waals surface area contributed by atoms with Crippen LogP contribution in [-0.4, -0.2) is 18.4 Å². The highest BCUT2D eigenvalue weighted by Gasteiger charge is 2.32. The molecule has 0 saturated heterocycles. The van der Waals surface area contributed by atoms with Gasteiger partial charge in [-0.2, -0.15) is 10.5 Å². The fourth-order valence-electron chi connectivity index (χ4n) is 2.41. The zero-order valence-corrected chi connectivity index (χ0v) is 13.7. The molecule has 118 valence electrons. The molecule has 22 heavy (non-hydrogen) atoms. The molecule has 0 saturated carbocycles. The van der Waals surface area contributed by atoms with Crippen LogP contribution in [0, 0.1) is 33.5 Å². The van der Waals surface area contributed by atoms with Crippen molar-refractivity contribution in [2.24, 2.45) is 10.8 Å². The molecule has 0 aliphatic rings. The summed E-state index contributed by atoms with van der Waals surface area (Å²) >= 11 is 0. The topological polar surface area (TPSA) is 90.9 Å². The standard InChI is InChI=1S/C17H22N2O3/c1-12(8-18)14(20)7-16(3,4)10-17(5,6)11-22-15(21)13(2)9-19/h1-2,7,10-11H2,3-6H3. The van der Waals surface area contributed by atoms with Crippen LogP contribution in [0.4, 0.5) is 0 Å². The van der Waals surface area contributed by atoms with Crippen LogP contribution in [0.25, 0.3) is 0 Å². The van der Waals surface area contributed by atoms with Gasteiger partial charge >= 0.3 is 5.97 Å². The van der Waals surface area contributed by atoms with Crippen molar-refractivity contribution >= 4 is 11.8 Å². The molecule has 0 aliphatic carbocycles. The van der Waals surface area contributed by atoms with Crippen molar-refractivity contribution in [2.75, 3.05) is 6.61 Å². The van der Waals surface area contributed by atoms with Gasteiger partial charge < -0.3 is 4.74 Å². The van der Waals surface area contributed by atoms with E-state index in [1.54, 1.807) is 12.1 Å². The van der Waals surface area contributed by atoms with Gasteiger partial charge in [-0.3, -0.25) is 4.79 Å². The second-order valence-electron chi connectivity index (χ2n) is 6.86. The van der Waals surface area contributed by atoms with E-state index in [9.17, 15) is 9.59 Å². The van der Waals surface area contributed by atoms with Crippen LogP contribution in [0.5, 0.6) is 0 Å². The van der Waals surface area contributed by atoms with Gasteiger partial charge in [0.15, 0.2) is 5.78 Å². The molecule has 0 amide bonds. The van der Waals surface area contributed by atoms with Crippen LogP contribution in [0.15, 0.2) is 24.3 Å². The van der Waals surface area contributed by atoms with E-state index in [2.05, 4.69) is 13.2 Å². The van der Waals surface area contributed by atoms with Gasteiger partial charge in [0.05, 0.1) is 12.2 Å². The van der Waals surface area contributed by atoms with E-state index < -0.39 is 5.97 Å². The number of hydrogen-bond donors (Lipinski definition) is 0. The molecule has 0 heterocycles. The third-order valence-electron chi connectivity index (χ3n) is 3.04. The molecule has 0 fully saturated rings. The van der Waals surface area contributed by atoms with Gasteiger partial charge in [0.25, 0.3) is 0 Å². The Morgan fingerprint density at radius 3 is 1.95 bits per heavy atom. The van der Waals surface area contributed by atoms with Gasteiger partial charge in [-0.15, -0.1) is 0 Å². The third kappa shape index (κ3) is 6.85. The lowest BCUT2D eigenvalue weighted by Gasteiger charge is -2.34. The number of nitrogens with zero attached hydrogens (tertiary/aromatic N) is 2. The molecule has 0 aliphatic heterocycles. The maximum absolute atomic E-state index is 11.8. The smallest absolute Gasteiger partial charge is 0.348 e. The first kappa shape index (κ1) is 19.6. The summed E-state index contributed by atoms with van der Waals surface area (Å²) in [5, 5.41) is 17.3. The van der Waals surface area contributed by atoms with Gasteiger partial charge in [0, 0.05) is 6.42 Å². The lowest BCUT2D eigenvalue weighted by Crippen LogP contribution is -2.30. The van der Waals surface area contributed by atoms with E-state index in [0.717, 1.165) is 0 Å². The van der Waals surface area contributed by atoms with Crippen molar-refractivity contribution in [3.05, 3.63) is 24.3 Å². The second-order valence-corrected chi connectivity index (χ2v) is 6.86. The van der Waals surface area contributed by atoms with Crippen molar-refractivity contribution in [2.45, 2.75) is 40.5 Å². The van der Waals surface area contributed by atoms with Crippen LogP contribution in [0.2, 0.25) is 0 Å². The number of ketones is 1. The third-order valence-corrected chi connectivity index (χ3v) is 3.04. The van der Waals surface area contributed by atoms with Gasteiger partial charge in [-0.1, -0.05) is 40.9 Å². The SMILES string of the molecule is C=C(C#N)C(=O)CC(C)(C)CC(C)(C)COC(=O)C(=C)C#N. The monoisotopic (exact) mass is 302 g/mol. The number of nitriles is 2. The Hall–Kier alpha value is -2.40. The van der Waals surface area contributed by atoms with E-state index >= 15 is 0 Å². The van der Waals surface area contributed by atoms with Crippen LogP contribution in [-0.2, 0) is 14.3 Å². The number of carbonyl (C=O) groups excluding carboxylic acids is 2. The van der Waals surface area contributed by atoms with Gasteiger partial charge in [0.2, 0.25) is 0 Å². The molecular weight excluding hydrogens is 280 g/mol. The molecule has 0 aromatic carbocycles. The quantitative estimate of drug-likeness (QED) is 0.390. The summed E-state index contributed by atoms with van der Waals surface area (Å²) in [6, 6.07) is 3.40. The van der Waals surface area contributed by atoms with Crippen molar-refractivity contribution in [3.8, 4) is 12.1 Å². The van der Waals surface area contributed by atoms with Gasteiger partial charge in [0.1, 0.15) is 17.7 Å². The maximum atomic E-state index is 11.8. The fraction of sp³-hybridized carbons (Fsp3) is 0.529. The summed E-state index contributed by atoms with van der Waals surface area (Å²) in [6.45, 7) is 14.5. The molecule has 0 spiro atoms. The number of esters is 1. The zero-order valence-electron chi connectivity index (χ0n) is 13.7. The molecule has 0 radical (unpaired) electrons. The number of rotatable bonds is 8. The van der Waals surface area contributed by atoms with E-state index in [1.165, 1.54) is 0 Å². The summed E-state index contributed by atoms with van der Waals surface area (Å²) in [7, 11) is 0. The Bertz CT molecular complexity index is 572. The molecule has 5 nitrogen and oxygen atoms in total. The highest BCUT2D eigenvalue weighted by Crippen LogP contribution is 2.37. The Morgan fingerprint density at radius 2 is 1.50 bits per heavy atom. The molecule has 0 N–H and O–H groups in total. The molecule has 0 bridgehead atoms. The van der Waals surface area contributed by atoms with E-state index in [4.69, 9.17) is 15.3 Å². The lowest BCUT2D eigenvalue weighted by atomic mass is 9.72. The summed E-state index contributed by atoms with van der Waals surface area (Å²) < 4.78 is 5.06. The minimum atomic E-state index is -0.734. The molecule has 0 aromatic rings. The minimum absolute atomic E-state index is 0.0531. The van der Waals surface area contributed by atoms with Crippen LogP contribution >= 0.6 is 0 Å². The first-order chi connectivity index (χ1) is 9.94. The van der Waals surface area contributed by atoms with Crippen molar-refractivity contribution in [1.29, 1.82) is 10.5 Å². The minimum Gasteiger partial charge on any atom is -0.461 e. The van der Waals surface area contributed by atoms with Crippen molar-refractivity contribution in [3.63, 3.8) is 0 Å². The van der Waals surface area contributed by atoms with Gasteiger partial charge in [-0.25, -0.2) is 4.79 Å². The Labute approximate surface area is 131 Å². The number of ether oxygens (including phenoxy) is 1. The normalized spacial score (nSPS) is 11.0. The largest absolute Gasteiger partial charge is 0.461 e. The Balaban J connectivity index is 4.69. The summed E-state index contributed by atoms with van der Waals surface area (Å²) in [5.41, 5.74) is -1.06. The zero-order chi connectivity index (χ0) is 17.6. The number of hydrogen-bond acceptors (Lipinski definition) is 5. The van der Waals surface area contributed by atoms with Crippen LogP contribution in [0.3, 0.4) is 0 Å². The predicted molar refractivity (Wildman–Crippen MR) is 82.3 cm³/mol. The van der Waals surface area contributed by atoms with Gasteiger partial charge in [-0.05, 0) is 17.3 Å². The van der Waals surface area contributed by atoms with E-state index in [0.29, 0.717) is 6.42 Å². The molecular formula is C17H22N2O3. The average Bonchev–Trinajstić information content (AvgIpc) is 2.40. The Kier molecular flexibility index (Phi) is 6.74. The summed E-state index contributed by atoms with van der Waals surface area (Å²) in [6.07, 6.45) is 0.790. The maximum Gasteiger partial charge on any atom is 0.348 e. The lowest BCUT2D eigenvalue weighted by molar-refractivity contribution is -0.142. The van der Waals surface area contributed by atoms with Crippen molar-refractivity contribution < 1.29 is 14.3 Å². The average molecular weight is 302 g/mol. The molecule has 0 unspecified atom stereocenters. The van der Waals surface area contributed by atoms with E-state index in [-0.39, 0.29) is 40.8 Å². The van der Waals surface area contributed by atoms with Crippen molar-refractivity contribution in [1.82, 2.24) is 0 Å². The second kappa shape index (κ2) is 7.56. The highest BCUT2D eigenvalue weighted by molar-refractivity contribution is 5.98. The molecule has 0 atom stereocenters. The molecule has 5 heteroatoms. The van der Waals surface area contributed by atoms with E-state index in [1.807, 2.05) is 27.7 Å². The summed E-state index contributed by atoms with van der Waals surface area (Å²) in [4.78, 5) is 23.3. The molecule has 0 rings (SSSR count). The fourth-order valence-corrected chi connectivity index (χ4v) is 2.41. The first-order valence-corrected chi connectivity index (χ1v) is 6.82. The van der Waals surface area contributed by atoms with Crippen LogP contribution in [0.1, 0.15) is 40.5 Å². The number of Topliss-reactive ketones (excluding diaryl/α,β-unsaturated/α-hetero) is 1. The first-order valence-electron chi connectivity index (χ1n) is 6.82. The highest BCUT2D eigenvalue weighted by atomic mass is 16.5. The number of allylic oxidation sites excluding steroid dienone is 1. The van der Waals surface area contributed by atoms with Crippen LogP contribution < -0.4 is 0 Å². The predicted octanol–water partition coefficient (Wildman–Crippen LogP) is 3.09. The number of carbonyl (C=O) groups is 2. The summed E-state index contributed by atoms with van der Waals surface area (Å²) in [5.74, 6) is -1.01. The Morgan fingerprint density at radius 1 is 1.00 bits per heavy atom.